The highest BCUT2D eigenvalue weighted by molar-refractivity contribution is 5.78. The molecule has 0 spiro atoms. The number of carboxylic acids is 1. The maximum atomic E-state index is 11.3. The van der Waals surface area contributed by atoms with Crippen LogP contribution in [0, 0.1) is 0 Å². The zero-order valence-corrected chi connectivity index (χ0v) is 11.6. The predicted molar refractivity (Wildman–Crippen MR) is 68.2 cm³/mol. The van der Waals surface area contributed by atoms with Gasteiger partial charge in [0.25, 0.3) is 0 Å². The van der Waals surface area contributed by atoms with Gasteiger partial charge in [0.15, 0.2) is 0 Å². The van der Waals surface area contributed by atoms with Crippen molar-refractivity contribution < 1.29 is 9.90 Å². The zero-order chi connectivity index (χ0) is 13.3. The molecule has 1 unspecified atom stereocenters. The number of hydrogen-bond donors (Lipinski definition) is 2. The van der Waals surface area contributed by atoms with E-state index in [1.165, 1.54) is 0 Å². The second kappa shape index (κ2) is 4.92. The molecule has 1 aliphatic heterocycles. The normalized spacial score (nSPS) is 25.5. The van der Waals surface area contributed by atoms with Gasteiger partial charge in [0.1, 0.15) is 5.54 Å². The summed E-state index contributed by atoms with van der Waals surface area (Å²) >= 11 is 0. The first-order valence-electron chi connectivity index (χ1n) is 6.07. The Morgan fingerprint density at radius 2 is 2.06 bits per heavy atom. The number of rotatable bonds is 4. The number of nitrogens with one attached hydrogen (secondary N) is 1. The summed E-state index contributed by atoms with van der Waals surface area (Å²) in [7, 11) is 3.82. The van der Waals surface area contributed by atoms with E-state index >= 15 is 0 Å². The van der Waals surface area contributed by atoms with Crippen LogP contribution in [0.4, 0.5) is 0 Å². The highest BCUT2D eigenvalue weighted by Crippen LogP contribution is 2.20. The Kier molecular flexibility index (Phi) is 4.17. The van der Waals surface area contributed by atoms with Crippen molar-refractivity contribution in [1.29, 1.82) is 0 Å². The molecule has 0 amide bonds. The van der Waals surface area contributed by atoms with Gasteiger partial charge < -0.3 is 10.4 Å². The van der Waals surface area contributed by atoms with Crippen LogP contribution < -0.4 is 5.32 Å². The highest BCUT2D eigenvalue weighted by atomic mass is 16.4. The lowest BCUT2D eigenvalue weighted by molar-refractivity contribution is -0.145. The fourth-order valence-corrected chi connectivity index (χ4v) is 2.18. The SMILES string of the molecule is CNC(C)(CN1CCN(C)C(C)(C)C1)C(=O)O. The van der Waals surface area contributed by atoms with E-state index in [0.29, 0.717) is 6.54 Å². The van der Waals surface area contributed by atoms with Gasteiger partial charge in [0.2, 0.25) is 0 Å². The molecule has 0 bridgehead atoms. The van der Waals surface area contributed by atoms with Crippen molar-refractivity contribution in [3.05, 3.63) is 0 Å². The summed E-state index contributed by atoms with van der Waals surface area (Å²) in [6, 6.07) is 0. The fraction of sp³-hybridized carbons (Fsp3) is 0.917. The molecule has 1 atom stereocenters. The van der Waals surface area contributed by atoms with Gasteiger partial charge in [0.05, 0.1) is 0 Å². The number of carboxylic acid groups (broad SMARTS) is 1. The molecule has 0 saturated carbocycles. The van der Waals surface area contributed by atoms with E-state index in [-0.39, 0.29) is 5.54 Å². The molecule has 5 heteroatoms. The van der Waals surface area contributed by atoms with E-state index in [0.717, 1.165) is 19.6 Å². The van der Waals surface area contributed by atoms with Crippen LogP contribution in [0.25, 0.3) is 0 Å². The average Bonchev–Trinajstić information content (AvgIpc) is 2.22. The Morgan fingerprint density at radius 3 is 2.47 bits per heavy atom. The van der Waals surface area contributed by atoms with Crippen molar-refractivity contribution >= 4 is 5.97 Å². The summed E-state index contributed by atoms with van der Waals surface area (Å²) in [5, 5.41) is 12.2. The van der Waals surface area contributed by atoms with E-state index in [1.54, 1.807) is 14.0 Å². The molecule has 0 aromatic heterocycles. The summed E-state index contributed by atoms with van der Waals surface area (Å²) in [4.78, 5) is 15.8. The Hall–Kier alpha value is -0.650. The second-order valence-electron chi connectivity index (χ2n) is 5.83. The molecule has 0 aromatic rings. The molecule has 0 aliphatic carbocycles. The van der Waals surface area contributed by atoms with Crippen LogP contribution in [0.3, 0.4) is 0 Å². The number of nitrogens with zero attached hydrogens (tertiary/aromatic N) is 2. The summed E-state index contributed by atoms with van der Waals surface area (Å²) in [6.45, 7) is 9.45. The number of aliphatic carboxylic acids is 1. The molecule has 17 heavy (non-hydrogen) atoms. The van der Waals surface area contributed by atoms with Gasteiger partial charge in [-0.25, -0.2) is 0 Å². The number of hydrogen-bond acceptors (Lipinski definition) is 4. The second-order valence-corrected chi connectivity index (χ2v) is 5.83. The minimum Gasteiger partial charge on any atom is -0.480 e. The summed E-state index contributed by atoms with van der Waals surface area (Å²) in [6.07, 6.45) is 0. The highest BCUT2D eigenvalue weighted by Gasteiger charge is 2.38. The summed E-state index contributed by atoms with van der Waals surface area (Å²) < 4.78 is 0. The van der Waals surface area contributed by atoms with Gasteiger partial charge in [-0.2, -0.15) is 0 Å². The third-order valence-corrected chi connectivity index (χ3v) is 3.96. The first-order valence-corrected chi connectivity index (χ1v) is 6.07. The molecule has 1 fully saturated rings. The molecule has 1 aliphatic rings. The number of likely N-dealkylation sites (N-methyl/N-ethyl adjacent to an activating group) is 2. The van der Waals surface area contributed by atoms with Gasteiger partial charge in [-0.1, -0.05) is 0 Å². The molecule has 1 heterocycles. The van der Waals surface area contributed by atoms with Crippen molar-refractivity contribution in [2.24, 2.45) is 0 Å². The predicted octanol–water partition coefficient (Wildman–Crippen LogP) is 0.0751. The summed E-state index contributed by atoms with van der Waals surface area (Å²) in [5.41, 5.74) is -0.766. The smallest absolute Gasteiger partial charge is 0.324 e. The zero-order valence-electron chi connectivity index (χ0n) is 11.6. The Morgan fingerprint density at radius 1 is 1.47 bits per heavy atom. The molecule has 1 rings (SSSR count). The van der Waals surface area contributed by atoms with Crippen LogP contribution in [-0.4, -0.2) is 72.2 Å². The maximum absolute atomic E-state index is 11.3. The van der Waals surface area contributed by atoms with Crippen LogP contribution >= 0.6 is 0 Å². The van der Waals surface area contributed by atoms with Crippen LogP contribution in [0.5, 0.6) is 0 Å². The van der Waals surface area contributed by atoms with E-state index in [1.807, 2.05) is 0 Å². The molecule has 0 radical (unpaired) electrons. The standard InChI is InChI=1S/C12H25N3O2/c1-11(2)8-15(7-6-14(11)5)9-12(3,13-4)10(16)17/h13H,6-9H2,1-5H3,(H,16,17). The monoisotopic (exact) mass is 243 g/mol. The van der Waals surface area contributed by atoms with Gasteiger partial charge in [-0.3, -0.25) is 14.6 Å². The van der Waals surface area contributed by atoms with Gasteiger partial charge in [0, 0.05) is 31.7 Å². The quantitative estimate of drug-likeness (QED) is 0.732. The third-order valence-electron chi connectivity index (χ3n) is 3.96. The Labute approximate surface area is 104 Å². The van der Waals surface area contributed by atoms with Crippen LogP contribution in [0.1, 0.15) is 20.8 Å². The largest absolute Gasteiger partial charge is 0.480 e. The molecular formula is C12H25N3O2. The van der Waals surface area contributed by atoms with Crippen molar-refractivity contribution in [2.75, 3.05) is 40.3 Å². The first-order chi connectivity index (χ1) is 7.71. The topological polar surface area (TPSA) is 55.8 Å². The third kappa shape index (κ3) is 3.18. The maximum Gasteiger partial charge on any atom is 0.324 e. The van der Waals surface area contributed by atoms with Crippen LogP contribution in [-0.2, 0) is 4.79 Å². The number of piperazine rings is 1. The van der Waals surface area contributed by atoms with Crippen molar-refractivity contribution in [2.45, 2.75) is 31.8 Å². The van der Waals surface area contributed by atoms with Crippen LogP contribution in [0.2, 0.25) is 0 Å². The molecule has 0 aromatic carbocycles. The van der Waals surface area contributed by atoms with E-state index in [4.69, 9.17) is 0 Å². The molecular weight excluding hydrogens is 218 g/mol. The first kappa shape index (κ1) is 14.4. The molecule has 5 nitrogen and oxygen atoms in total. The lowest BCUT2D eigenvalue weighted by atomic mass is 9.96. The molecule has 100 valence electrons. The molecule has 2 N–H and O–H groups in total. The van der Waals surface area contributed by atoms with Crippen molar-refractivity contribution in [1.82, 2.24) is 15.1 Å². The Bertz CT molecular complexity index is 293. The lowest BCUT2D eigenvalue weighted by Gasteiger charge is -2.47. The van der Waals surface area contributed by atoms with E-state index in [2.05, 4.69) is 36.0 Å². The van der Waals surface area contributed by atoms with E-state index < -0.39 is 11.5 Å². The van der Waals surface area contributed by atoms with Gasteiger partial charge in [-0.15, -0.1) is 0 Å². The minimum absolute atomic E-state index is 0.103. The summed E-state index contributed by atoms with van der Waals surface area (Å²) in [5.74, 6) is -0.795. The average molecular weight is 243 g/mol. The van der Waals surface area contributed by atoms with Crippen molar-refractivity contribution in [3.8, 4) is 0 Å². The van der Waals surface area contributed by atoms with E-state index in [9.17, 15) is 9.90 Å². The Balaban J connectivity index is 2.67. The number of carbonyl (C=O) groups is 1. The lowest BCUT2D eigenvalue weighted by Crippen LogP contribution is -2.63. The minimum atomic E-state index is -0.869. The van der Waals surface area contributed by atoms with Gasteiger partial charge in [-0.05, 0) is 34.9 Å². The van der Waals surface area contributed by atoms with Crippen molar-refractivity contribution in [3.63, 3.8) is 0 Å². The van der Waals surface area contributed by atoms with Gasteiger partial charge >= 0.3 is 5.97 Å². The van der Waals surface area contributed by atoms with Crippen LogP contribution in [0.15, 0.2) is 0 Å². The fourth-order valence-electron chi connectivity index (χ4n) is 2.18. The molecule has 1 saturated heterocycles.